The van der Waals surface area contributed by atoms with Crippen molar-refractivity contribution in [1.82, 2.24) is 4.90 Å². The van der Waals surface area contributed by atoms with Crippen LogP contribution in [0.3, 0.4) is 0 Å². The van der Waals surface area contributed by atoms with Gasteiger partial charge in [-0.25, -0.2) is 0 Å². The van der Waals surface area contributed by atoms with Crippen molar-refractivity contribution in [3.05, 3.63) is 0 Å². The second kappa shape index (κ2) is 3.31. The quantitative estimate of drug-likeness (QED) is 0.559. The van der Waals surface area contributed by atoms with E-state index in [1.807, 2.05) is 0 Å². The van der Waals surface area contributed by atoms with Crippen LogP contribution in [0.15, 0.2) is 0 Å². The molecule has 0 spiro atoms. The van der Waals surface area contributed by atoms with Gasteiger partial charge in [-0.3, -0.25) is 4.90 Å². The highest BCUT2D eigenvalue weighted by Gasteiger charge is 2.35. The van der Waals surface area contributed by atoms with Gasteiger partial charge in [-0.1, -0.05) is 19.2 Å². The molecule has 1 rings (SSSR count). The average Bonchev–Trinajstić information content (AvgIpc) is 2.28. The summed E-state index contributed by atoms with van der Waals surface area (Å²) in [6, 6.07) is 0. The Morgan fingerprint density at radius 2 is 1.69 bits per heavy atom. The fourth-order valence-electron chi connectivity index (χ4n) is 1.98. The highest BCUT2D eigenvalue weighted by molar-refractivity contribution is 6.14. The van der Waals surface area contributed by atoms with Crippen molar-refractivity contribution >= 4 is 7.85 Å². The van der Waals surface area contributed by atoms with Crippen molar-refractivity contribution in [2.75, 3.05) is 13.1 Å². The van der Waals surface area contributed by atoms with Gasteiger partial charge in [-0.2, -0.15) is 0 Å². The largest absolute Gasteiger partial charge is 0.298 e. The van der Waals surface area contributed by atoms with E-state index in [1.165, 1.54) is 13.0 Å². The Morgan fingerprint density at radius 1 is 1.15 bits per heavy atom. The minimum Gasteiger partial charge on any atom is -0.298 e. The molecule has 1 nitrogen and oxygen atoms in total. The molecule has 1 atom stereocenters. The summed E-state index contributed by atoms with van der Waals surface area (Å²) in [6.45, 7) is 13.5. The maximum absolute atomic E-state index is 6.12. The highest BCUT2D eigenvalue weighted by atomic mass is 15.2. The van der Waals surface area contributed by atoms with Crippen LogP contribution in [-0.4, -0.2) is 31.4 Å². The van der Waals surface area contributed by atoms with Crippen LogP contribution in [0.25, 0.3) is 0 Å². The van der Waals surface area contributed by atoms with Gasteiger partial charge in [0.05, 0.1) is 7.85 Å². The predicted octanol–water partition coefficient (Wildman–Crippen LogP) is 2.47. The van der Waals surface area contributed by atoms with Crippen LogP contribution in [0, 0.1) is 5.92 Å². The van der Waals surface area contributed by atoms with Gasteiger partial charge in [0.1, 0.15) is 0 Å². The molecular weight excluding hydrogens is 157 g/mol. The first-order valence-corrected chi connectivity index (χ1v) is 5.25. The van der Waals surface area contributed by atoms with E-state index in [2.05, 4.69) is 39.5 Å². The third-order valence-corrected chi connectivity index (χ3v) is 3.19. The van der Waals surface area contributed by atoms with Crippen LogP contribution in [0.2, 0.25) is 5.31 Å². The zero-order chi connectivity index (χ0) is 10.3. The van der Waals surface area contributed by atoms with E-state index in [-0.39, 0.29) is 5.31 Å². The molecule has 1 fully saturated rings. The summed E-state index contributed by atoms with van der Waals surface area (Å²) >= 11 is 0. The fourth-order valence-corrected chi connectivity index (χ4v) is 1.98. The molecule has 0 aliphatic carbocycles. The normalized spacial score (nSPS) is 26.7. The Balaban J connectivity index is 2.55. The molecule has 2 heteroatoms. The van der Waals surface area contributed by atoms with Gasteiger partial charge in [0.15, 0.2) is 0 Å². The van der Waals surface area contributed by atoms with Gasteiger partial charge in [0.2, 0.25) is 0 Å². The summed E-state index contributed by atoms with van der Waals surface area (Å²) in [5, 5.41) is -0.0139. The fraction of sp³-hybridized carbons (Fsp3) is 1.00. The molecule has 1 heterocycles. The summed E-state index contributed by atoms with van der Waals surface area (Å²) in [7, 11) is 6.12. The lowest BCUT2D eigenvalue weighted by atomic mass is 9.63. The van der Waals surface area contributed by atoms with Crippen LogP contribution >= 0.6 is 0 Å². The van der Waals surface area contributed by atoms with E-state index >= 15 is 0 Å². The van der Waals surface area contributed by atoms with Crippen LogP contribution in [0.5, 0.6) is 0 Å². The number of rotatable bonds is 1. The van der Waals surface area contributed by atoms with Crippen molar-refractivity contribution in [2.45, 2.75) is 51.9 Å². The molecule has 2 radical (unpaired) electrons. The van der Waals surface area contributed by atoms with Gasteiger partial charge < -0.3 is 0 Å². The Bertz CT molecular complexity index is 156. The number of hydrogen-bond donors (Lipinski definition) is 0. The standard InChI is InChI=1S/C11H22BN/c1-10(2,3)13-7-6-9(8-13)11(4,5)12/h9H,6-8H2,1-5H3. The second-order valence-corrected chi connectivity index (χ2v) is 5.92. The first-order valence-electron chi connectivity index (χ1n) is 5.25. The van der Waals surface area contributed by atoms with Gasteiger partial charge in [0, 0.05) is 12.1 Å². The molecule has 0 bridgehead atoms. The van der Waals surface area contributed by atoms with Crippen LogP contribution < -0.4 is 0 Å². The van der Waals surface area contributed by atoms with Crippen molar-refractivity contribution in [2.24, 2.45) is 5.92 Å². The zero-order valence-electron chi connectivity index (χ0n) is 9.72. The molecule has 1 aliphatic heterocycles. The Labute approximate surface area is 84.3 Å². The minimum atomic E-state index is -0.0139. The average molecular weight is 179 g/mol. The topological polar surface area (TPSA) is 3.24 Å². The number of likely N-dealkylation sites (tertiary alicyclic amines) is 1. The minimum absolute atomic E-state index is 0.0139. The molecule has 13 heavy (non-hydrogen) atoms. The summed E-state index contributed by atoms with van der Waals surface area (Å²) in [5.41, 5.74) is 0.306. The molecule has 0 amide bonds. The van der Waals surface area contributed by atoms with Gasteiger partial charge in [0.25, 0.3) is 0 Å². The highest BCUT2D eigenvalue weighted by Crippen LogP contribution is 2.39. The third-order valence-electron chi connectivity index (χ3n) is 3.19. The summed E-state index contributed by atoms with van der Waals surface area (Å²) in [6.07, 6.45) is 1.25. The maximum atomic E-state index is 6.12. The Morgan fingerprint density at radius 3 is 1.92 bits per heavy atom. The smallest absolute Gasteiger partial charge is 0.0743 e. The number of nitrogens with zero attached hydrogens (tertiary/aromatic N) is 1. The monoisotopic (exact) mass is 179 g/mol. The molecule has 0 aromatic heterocycles. The molecule has 0 N–H and O–H groups in total. The third kappa shape index (κ3) is 2.73. The lowest BCUT2D eigenvalue weighted by Crippen LogP contribution is -2.40. The van der Waals surface area contributed by atoms with Crippen LogP contribution in [0.4, 0.5) is 0 Å². The molecule has 0 saturated carbocycles. The van der Waals surface area contributed by atoms with Crippen LogP contribution in [0.1, 0.15) is 41.0 Å². The van der Waals surface area contributed by atoms with Gasteiger partial charge in [-0.05, 0) is 39.7 Å². The molecule has 1 saturated heterocycles. The van der Waals surface area contributed by atoms with Crippen molar-refractivity contribution in [3.63, 3.8) is 0 Å². The maximum Gasteiger partial charge on any atom is 0.0743 e. The van der Waals surface area contributed by atoms with Crippen molar-refractivity contribution in [1.29, 1.82) is 0 Å². The Hall–Kier alpha value is 0.0249. The SMILES string of the molecule is [B]C(C)(C)C1CCN(C(C)(C)C)C1. The molecule has 0 aromatic rings. The van der Waals surface area contributed by atoms with E-state index in [0.29, 0.717) is 11.5 Å². The van der Waals surface area contributed by atoms with Crippen molar-refractivity contribution in [3.8, 4) is 0 Å². The van der Waals surface area contributed by atoms with E-state index in [9.17, 15) is 0 Å². The zero-order valence-corrected chi connectivity index (χ0v) is 9.72. The van der Waals surface area contributed by atoms with Crippen molar-refractivity contribution < 1.29 is 0 Å². The molecular formula is C11H22BN. The van der Waals surface area contributed by atoms with E-state index in [4.69, 9.17) is 7.85 Å². The molecule has 74 valence electrons. The first kappa shape index (κ1) is 11.1. The molecule has 1 aliphatic rings. The lowest BCUT2D eigenvalue weighted by molar-refractivity contribution is 0.164. The lowest BCUT2D eigenvalue weighted by Gasteiger charge is -2.34. The molecule has 0 aromatic carbocycles. The summed E-state index contributed by atoms with van der Waals surface area (Å²) < 4.78 is 0. The first-order chi connectivity index (χ1) is 5.71. The Kier molecular flexibility index (Phi) is 2.82. The second-order valence-electron chi connectivity index (χ2n) is 5.92. The molecule has 1 unspecified atom stereocenters. The number of hydrogen-bond acceptors (Lipinski definition) is 1. The van der Waals surface area contributed by atoms with E-state index in [1.54, 1.807) is 0 Å². The summed E-state index contributed by atoms with van der Waals surface area (Å²) in [5.74, 6) is 0.659. The van der Waals surface area contributed by atoms with Gasteiger partial charge >= 0.3 is 0 Å². The predicted molar refractivity (Wildman–Crippen MR) is 59.2 cm³/mol. The van der Waals surface area contributed by atoms with Crippen LogP contribution in [-0.2, 0) is 0 Å². The van der Waals surface area contributed by atoms with Gasteiger partial charge in [-0.15, -0.1) is 0 Å². The summed E-state index contributed by atoms with van der Waals surface area (Å²) in [4.78, 5) is 2.53. The van der Waals surface area contributed by atoms with E-state index < -0.39 is 0 Å². The van der Waals surface area contributed by atoms with E-state index in [0.717, 1.165) is 6.54 Å².